The van der Waals surface area contributed by atoms with Gasteiger partial charge in [0.05, 0.1) is 18.7 Å². The van der Waals surface area contributed by atoms with Crippen molar-refractivity contribution >= 4 is 29.9 Å². The Bertz CT molecular complexity index is 1120. The molecule has 0 aliphatic heterocycles. The van der Waals surface area contributed by atoms with Crippen molar-refractivity contribution in [1.82, 2.24) is 9.96 Å². The molecule has 0 radical (unpaired) electrons. The maximum absolute atomic E-state index is 14.2. The summed E-state index contributed by atoms with van der Waals surface area (Å²) in [7, 11) is 0. The number of aliphatic imine (C=N–C) groups is 1. The van der Waals surface area contributed by atoms with Crippen molar-refractivity contribution in [3.05, 3.63) is 35.9 Å². The molecule has 0 spiro atoms. The molecule has 0 aromatic heterocycles. The molecule has 1 unspecified atom stereocenters. The Labute approximate surface area is 276 Å². The Morgan fingerprint density at radius 3 is 2.24 bits per heavy atom. The summed E-state index contributed by atoms with van der Waals surface area (Å²) in [5, 5.41) is 12.3. The Morgan fingerprint density at radius 2 is 1.67 bits per heavy atom. The van der Waals surface area contributed by atoms with Gasteiger partial charge in [-0.2, -0.15) is 0 Å². The molecule has 10 nitrogen and oxygen atoms in total. The average molecular weight is 643 g/mol. The highest BCUT2D eigenvalue weighted by atomic mass is 16.5. The van der Waals surface area contributed by atoms with Gasteiger partial charge in [0.25, 0.3) is 5.91 Å². The van der Waals surface area contributed by atoms with Crippen LogP contribution in [0.25, 0.3) is 0 Å². The number of hydroxylamine groups is 2. The summed E-state index contributed by atoms with van der Waals surface area (Å²) in [6.07, 6.45) is 8.72. The summed E-state index contributed by atoms with van der Waals surface area (Å²) in [6.45, 7) is 11.4. The molecule has 1 aromatic carbocycles. The van der Waals surface area contributed by atoms with Gasteiger partial charge in [-0.3, -0.25) is 29.5 Å². The van der Waals surface area contributed by atoms with Crippen LogP contribution in [0, 0.1) is 17.8 Å². The number of rotatable bonds is 18. The molecule has 5 atom stereocenters. The summed E-state index contributed by atoms with van der Waals surface area (Å²) < 4.78 is 5.28. The summed E-state index contributed by atoms with van der Waals surface area (Å²) >= 11 is 0. The highest BCUT2D eigenvalue weighted by Crippen LogP contribution is 2.29. The van der Waals surface area contributed by atoms with Crippen molar-refractivity contribution in [3.8, 4) is 0 Å². The molecule has 3 amide bonds. The maximum Gasteiger partial charge on any atom is 0.331 e. The number of carbonyl (C=O) groups is 4. The predicted octanol–water partition coefficient (Wildman–Crippen LogP) is 5.73. The van der Waals surface area contributed by atoms with E-state index >= 15 is 0 Å². The first-order chi connectivity index (χ1) is 21.9. The first-order valence-electron chi connectivity index (χ1n) is 17.3. The van der Waals surface area contributed by atoms with Crippen LogP contribution in [0.15, 0.2) is 35.3 Å². The Balaban J connectivity index is 2.49. The van der Waals surface area contributed by atoms with E-state index in [1.54, 1.807) is 6.92 Å². The highest BCUT2D eigenvalue weighted by molar-refractivity contribution is 6.02. The van der Waals surface area contributed by atoms with Gasteiger partial charge in [0.15, 0.2) is 0 Å². The largest absolute Gasteiger partial charge is 0.464 e. The Hall–Kier alpha value is -3.11. The fraction of sp³-hybridized carbons (Fsp3) is 0.694. The zero-order valence-corrected chi connectivity index (χ0v) is 28.9. The minimum absolute atomic E-state index is 0.0474. The zero-order chi connectivity index (χ0) is 34.2. The van der Waals surface area contributed by atoms with E-state index in [2.05, 4.69) is 4.99 Å². The monoisotopic (exact) mass is 642 g/mol. The maximum atomic E-state index is 14.2. The number of carbonyl (C=O) groups excluding carboxylic acids is 4. The summed E-state index contributed by atoms with van der Waals surface area (Å²) in [6, 6.07) is 5.34. The van der Waals surface area contributed by atoms with E-state index in [4.69, 9.17) is 10.5 Å². The quantitative estimate of drug-likeness (QED) is 0.0901. The minimum atomic E-state index is -1.24. The molecule has 1 fully saturated rings. The first-order valence-corrected chi connectivity index (χ1v) is 17.3. The lowest BCUT2D eigenvalue weighted by atomic mass is 9.84. The topological polar surface area (TPSA) is 143 Å². The van der Waals surface area contributed by atoms with Gasteiger partial charge in [-0.05, 0) is 49.5 Å². The van der Waals surface area contributed by atoms with E-state index in [1.807, 2.05) is 65.0 Å². The fourth-order valence-electron chi connectivity index (χ4n) is 6.06. The second-order valence-electron chi connectivity index (χ2n) is 13.2. The van der Waals surface area contributed by atoms with Crippen molar-refractivity contribution < 1.29 is 29.1 Å². The summed E-state index contributed by atoms with van der Waals surface area (Å²) in [5.74, 6) is -2.29. The van der Waals surface area contributed by atoms with E-state index in [9.17, 15) is 24.4 Å². The molecular weight excluding hydrogens is 584 g/mol. The Kier molecular flexibility index (Phi) is 17.2. The molecule has 1 saturated carbocycles. The highest BCUT2D eigenvalue weighted by Gasteiger charge is 2.40. The van der Waals surface area contributed by atoms with Crippen LogP contribution in [0.3, 0.4) is 0 Å². The van der Waals surface area contributed by atoms with Gasteiger partial charge in [-0.1, -0.05) is 110 Å². The standard InChI is InChI=1S/C36H58N4O6/c1-7-16-31(39(32(41)21-25(4)5)34(42)30(37)23-28-19-14-11-15-20-28)35(43)40(45)29(22-27-17-12-10-13-18-27)24-38-33(26(6)8-2)36(44)46-9-3/h11,14-15,19-20,24-27,29-31,33,45H,7-10,12-13,16-18,21-23,37H2,1-6H3/t26?,29-,30-,31-,33-/m0/s1. The summed E-state index contributed by atoms with van der Waals surface area (Å²) in [4.78, 5) is 60.2. The van der Waals surface area contributed by atoms with E-state index in [-0.39, 0.29) is 43.6 Å². The molecule has 1 aliphatic rings. The lowest BCUT2D eigenvalue weighted by Gasteiger charge is -2.36. The SMILES string of the molecule is CCC[C@@H](C(=O)N(O)[C@H](C=N[C@H](C(=O)OCC)C(C)CC)CC1CCCCC1)N(C(=O)CC(C)C)C(=O)[C@@H](N)Cc1ccccc1. The number of ether oxygens (including phenoxy) is 1. The zero-order valence-electron chi connectivity index (χ0n) is 28.9. The molecule has 0 saturated heterocycles. The van der Waals surface area contributed by atoms with Crippen LogP contribution < -0.4 is 5.73 Å². The van der Waals surface area contributed by atoms with Gasteiger partial charge >= 0.3 is 5.97 Å². The number of amides is 3. The molecule has 2 rings (SSSR count). The van der Waals surface area contributed by atoms with E-state index in [0.29, 0.717) is 24.3 Å². The second-order valence-corrected chi connectivity index (χ2v) is 13.2. The molecule has 46 heavy (non-hydrogen) atoms. The van der Waals surface area contributed by atoms with E-state index in [1.165, 1.54) is 6.21 Å². The molecule has 3 N–H and O–H groups in total. The van der Waals surface area contributed by atoms with Crippen LogP contribution in [0.2, 0.25) is 0 Å². The third-order valence-electron chi connectivity index (χ3n) is 8.83. The van der Waals surface area contributed by atoms with Crippen LogP contribution >= 0.6 is 0 Å². The number of nitrogens with zero attached hydrogens (tertiary/aromatic N) is 3. The molecule has 0 bridgehead atoms. The molecule has 258 valence electrons. The van der Waals surface area contributed by atoms with Gasteiger partial charge < -0.3 is 10.5 Å². The second kappa shape index (κ2) is 20.2. The average Bonchev–Trinajstić information content (AvgIpc) is 3.03. The van der Waals surface area contributed by atoms with Crippen molar-refractivity contribution in [1.29, 1.82) is 0 Å². The smallest absolute Gasteiger partial charge is 0.331 e. The van der Waals surface area contributed by atoms with Crippen LogP contribution in [-0.4, -0.2) is 75.9 Å². The van der Waals surface area contributed by atoms with Crippen LogP contribution in [-0.2, 0) is 30.3 Å². The van der Waals surface area contributed by atoms with Crippen LogP contribution in [0.1, 0.15) is 111 Å². The molecule has 1 aliphatic carbocycles. The number of esters is 1. The minimum Gasteiger partial charge on any atom is -0.464 e. The van der Waals surface area contributed by atoms with Crippen LogP contribution in [0.5, 0.6) is 0 Å². The van der Waals surface area contributed by atoms with E-state index in [0.717, 1.165) is 42.6 Å². The normalized spacial score (nSPS) is 17.2. The van der Waals surface area contributed by atoms with Crippen molar-refractivity contribution in [2.24, 2.45) is 28.5 Å². The van der Waals surface area contributed by atoms with Crippen molar-refractivity contribution in [2.75, 3.05) is 6.61 Å². The van der Waals surface area contributed by atoms with Crippen LogP contribution in [0.4, 0.5) is 0 Å². The number of benzene rings is 1. The lowest BCUT2D eigenvalue weighted by Crippen LogP contribution is -2.58. The molecule has 0 heterocycles. The van der Waals surface area contributed by atoms with Gasteiger partial charge in [0.1, 0.15) is 12.1 Å². The van der Waals surface area contributed by atoms with Crippen molar-refractivity contribution in [3.63, 3.8) is 0 Å². The van der Waals surface area contributed by atoms with Gasteiger partial charge in [-0.15, -0.1) is 0 Å². The fourth-order valence-corrected chi connectivity index (χ4v) is 6.06. The molecule has 1 aromatic rings. The van der Waals surface area contributed by atoms with E-state index < -0.39 is 47.9 Å². The molecular formula is C36H58N4O6. The molecule has 10 heteroatoms. The number of imide groups is 1. The van der Waals surface area contributed by atoms with Gasteiger partial charge in [-0.25, -0.2) is 9.86 Å². The third kappa shape index (κ3) is 11.9. The first kappa shape index (κ1) is 39.1. The summed E-state index contributed by atoms with van der Waals surface area (Å²) in [5.41, 5.74) is 7.23. The number of hydrogen-bond acceptors (Lipinski definition) is 8. The Morgan fingerprint density at radius 1 is 1.02 bits per heavy atom. The third-order valence-corrected chi connectivity index (χ3v) is 8.83. The number of hydrogen-bond donors (Lipinski definition) is 2. The lowest BCUT2D eigenvalue weighted by molar-refractivity contribution is -0.181. The van der Waals surface area contributed by atoms with Gasteiger partial charge in [0.2, 0.25) is 11.8 Å². The van der Waals surface area contributed by atoms with Crippen molar-refractivity contribution in [2.45, 2.75) is 136 Å². The predicted molar refractivity (Wildman–Crippen MR) is 180 cm³/mol. The number of nitrogens with two attached hydrogens (primary N) is 1. The van der Waals surface area contributed by atoms with Gasteiger partial charge in [0, 0.05) is 12.6 Å².